The van der Waals surface area contributed by atoms with Crippen molar-refractivity contribution in [1.82, 2.24) is 10.3 Å². The number of hydrogen-bond acceptors (Lipinski definition) is 5. The standard InChI is InChI=1S/C15H17N3O2S2/c1-8(15-18-10-4-2-3-5-11(10)22-15)17-14(20)12-6-9(7-21-12)13(16)19/h6-8H,2-5H2,1H3,(H2,16,19)(H,17,20)/t8-/m0/s1. The fourth-order valence-electron chi connectivity index (χ4n) is 2.47. The van der Waals surface area contributed by atoms with Gasteiger partial charge in [0.05, 0.1) is 22.2 Å². The molecule has 0 fully saturated rings. The Balaban J connectivity index is 1.70. The lowest BCUT2D eigenvalue weighted by Crippen LogP contribution is -2.26. The molecule has 1 aliphatic carbocycles. The van der Waals surface area contributed by atoms with Crippen LogP contribution in [0.2, 0.25) is 0 Å². The lowest BCUT2D eigenvalue weighted by molar-refractivity contribution is 0.0944. The van der Waals surface area contributed by atoms with E-state index in [0.29, 0.717) is 10.4 Å². The van der Waals surface area contributed by atoms with E-state index in [-0.39, 0.29) is 11.9 Å². The summed E-state index contributed by atoms with van der Waals surface area (Å²) in [6.45, 7) is 1.94. The SMILES string of the molecule is C[C@H](NC(=O)c1cc(C(N)=O)cs1)c1nc2c(s1)CCCC2. The molecular formula is C15H17N3O2S2. The minimum Gasteiger partial charge on any atom is -0.366 e. The third-order valence-corrected chi connectivity index (χ3v) is 5.96. The first-order valence-corrected chi connectivity index (χ1v) is 8.92. The van der Waals surface area contributed by atoms with Gasteiger partial charge in [0.15, 0.2) is 0 Å². The summed E-state index contributed by atoms with van der Waals surface area (Å²) in [7, 11) is 0. The third-order valence-electron chi connectivity index (χ3n) is 3.69. The number of nitrogens with two attached hydrogens (primary N) is 1. The summed E-state index contributed by atoms with van der Waals surface area (Å²) >= 11 is 2.91. The Morgan fingerprint density at radius 2 is 2.14 bits per heavy atom. The highest BCUT2D eigenvalue weighted by Gasteiger charge is 2.20. The van der Waals surface area contributed by atoms with Gasteiger partial charge in [0.2, 0.25) is 5.91 Å². The van der Waals surface area contributed by atoms with Gasteiger partial charge in [-0.3, -0.25) is 9.59 Å². The van der Waals surface area contributed by atoms with Crippen LogP contribution in [0.5, 0.6) is 0 Å². The molecule has 1 aliphatic rings. The fraction of sp³-hybridized carbons (Fsp3) is 0.400. The molecule has 7 heteroatoms. The Morgan fingerprint density at radius 1 is 1.36 bits per heavy atom. The monoisotopic (exact) mass is 335 g/mol. The van der Waals surface area contributed by atoms with Crippen LogP contribution in [-0.4, -0.2) is 16.8 Å². The average molecular weight is 335 g/mol. The Kier molecular flexibility index (Phi) is 4.26. The normalized spacial score (nSPS) is 15.1. The Hall–Kier alpha value is -1.73. The summed E-state index contributed by atoms with van der Waals surface area (Å²) in [5.41, 5.74) is 6.77. The first-order valence-electron chi connectivity index (χ1n) is 7.22. The molecule has 2 aromatic heterocycles. The van der Waals surface area contributed by atoms with E-state index >= 15 is 0 Å². The van der Waals surface area contributed by atoms with Gasteiger partial charge in [0, 0.05) is 10.3 Å². The lowest BCUT2D eigenvalue weighted by Gasteiger charge is -2.09. The summed E-state index contributed by atoms with van der Waals surface area (Å²) in [5, 5.41) is 5.49. The van der Waals surface area contributed by atoms with E-state index in [1.807, 2.05) is 6.92 Å². The molecule has 116 valence electrons. The molecule has 2 amide bonds. The molecule has 0 aromatic carbocycles. The highest BCUT2D eigenvalue weighted by molar-refractivity contribution is 7.12. The van der Waals surface area contributed by atoms with Crippen LogP contribution in [0, 0.1) is 0 Å². The summed E-state index contributed by atoms with van der Waals surface area (Å²) < 4.78 is 0. The molecule has 0 aliphatic heterocycles. The number of primary amides is 1. The maximum Gasteiger partial charge on any atom is 0.261 e. The maximum absolute atomic E-state index is 12.2. The second-order valence-electron chi connectivity index (χ2n) is 5.39. The number of thiazole rings is 1. The number of amides is 2. The molecule has 5 nitrogen and oxygen atoms in total. The molecule has 0 bridgehead atoms. The van der Waals surface area contributed by atoms with Crippen LogP contribution >= 0.6 is 22.7 Å². The van der Waals surface area contributed by atoms with E-state index in [0.717, 1.165) is 17.8 Å². The number of rotatable bonds is 4. The van der Waals surface area contributed by atoms with Crippen molar-refractivity contribution in [2.24, 2.45) is 5.73 Å². The van der Waals surface area contributed by atoms with E-state index in [1.165, 1.54) is 40.8 Å². The molecule has 0 spiro atoms. The smallest absolute Gasteiger partial charge is 0.261 e. The molecule has 3 N–H and O–H groups in total. The van der Waals surface area contributed by atoms with Crippen LogP contribution < -0.4 is 11.1 Å². The van der Waals surface area contributed by atoms with Crippen LogP contribution in [-0.2, 0) is 12.8 Å². The van der Waals surface area contributed by atoms with Crippen molar-refractivity contribution in [3.8, 4) is 0 Å². The van der Waals surface area contributed by atoms with Gasteiger partial charge < -0.3 is 11.1 Å². The van der Waals surface area contributed by atoms with E-state index in [4.69, 9.17) is 5.73 Å². The minimum absolute atomic E-state index is 0.137. The molecule has 22 heavy (non-hydrogen) atoms. The van der Waals surface area contributed by atoms with E-state index in [9.17, 15) is 9.59 Å². The van der Waals surface area contributed by atoms with Crippen molar-refractivity contribution in [2.45, 2.75) is 38.6 Å². The Bertz CT molecular complexity index is 697. The highest BCUT2D eigenvalue weighted by atomic mass is 32.1. The first-order chi connectivity index (χ1) is 10.5. The lowest BCUT2D eigenvalue weighted by atomic mass is 10.0. The van der Waals surface area contributed by atoms with E-state index < -0.39 is 5.91 Å². The molecule has 0 saturated heterocycles. The van der Waals surface area contributed by atoms with Gasteiger partial charge in [-0.15, -0.1) is 22.7 Å². The van der Waals surface area contributed by atoms with Gasteiger partial charge in [-0.05, 0) is 38.7 Å². The van der Waals surface area contributed by atoms with Gasteiger partial charge in [0.1, 0.15) is 5.01 Å². The first kappa shape index (κ1) is 15.2. The zero-order chi connectivity index (χ0) is 15.7. The van der Waals surface area contributed by atoms with Crippen molar-refractivity contribution in [2.75, 3.05) is 0 Å². The second kappa shape index (κ2) is 6.18. The zero-order valence-electron chi connectivity index (χ0n) is 12.2. The van der Waals surface area contributed by atoms with Crippen molar-refractivity contribution in [1.29, 1.82) is 0 Å². The van der Waals surface area contributed by atoms with Crippen LogP contribution in [0.1, 0.15) is 61.4 Å². The van der Waals surface area contributed by atoms with Crippen molar-refractivity contribution in [3.63, 3.8) is 0 Å². The van der Waals surface area contributed by atoms with Crippen molar-refractivity contribution in [3.05, 3.63) is 37.5 Å². The number of nitrogens with zero attached hydrogens (tertiary/aromatic N) is 1. The molecular weight excluding hydrogens is 318 g/mol. The molecule has 3 rings (SSSR count). The van der Waals surface area contributed by atoms with Gasteiger partial charge >= 0.3 is 0 Å². The van der Waals surface area contributed by atoms with Gasteiger partial charge in [0.25, 0.3) is 5.91 Å². The van der Waals surface area contributed by atoms with Gasteiger partial charge in [-0.25, -0.2) is 4.98 Å². The van der Waals surface area contributed by atoms with Crippen molar-refractivity contribution >= 4 is 34.5 Å². The van der Waals surface area contributed by atoms with Gasteiger partial charge in [-0.2, -0.15) is 0 Å². The molecule has 0 saturated carbocycles. The number of thiophene rings is 1. The summed E-state index contributed by atoms with van der Waals surface area (Å²) in [4.78, 5) is 29.8. The summed E-state index contributed by atoms with van der Waals surface area (Å²) in [6.07, 6.45) is 4.56. The Labute approximate surface area is 136 Å². The maximum atomic E-state index is 12.2. The number of carbonyl (C=O) groups is 2. The van der Waals surface area contributed by atoms with E-state index in [2.05, 4.69) is 10.3 Å². The summed E-state index contributed by atoms with van der Waals surface area (Å²) in [5.74, 6) is -0.714. The number of carbonyl (C=O) groups excluding carboxylic acids is 2. The topological polar surface area (TPSA) is 85.1 Å². The van der Waals surface area contributed by atoms with Crippen molar-refractivity contribution < 1.29 is 9.59 Å². The van der Waals surface area contributed by atoms with Crippen LogP contribution in [0.4, 0.5) is 0 Å². The quantitative estimate of drug-likeness (QED) is 0.901. The number of aryl methyl sites for hydroxylation is 2. The van der Waals surface area contributed by atoms with Gasteiger partial charge in [-0.1, -0.05) is 0 Å². The molecule has 1 atom stereocenters. The van der Waals surface area contributed by atoms with Crippen LogP contribution in [0.25, 0.3) is 0 Å². The second-order valence-corrected chi connectivity index (χ2v) is 7.41. The van der Waals surface area contributed by atoms with E-state index in [1.54, 1.807) is 16.7 Å². The Morgan fingerprint density at radius 3 is 2.82 bits per heavy atom. The van der Waals surface area contributed by atoms with Crippen LogP contribution in [0.15, 0.2) is 11.4 Å². The molecule has 2 aromatic rings. The molecule has 2 heterocycles. The predicted octanol–water partition coefficient (Wildman–Crippen LogP) is 2.67. The molecule has 0 radical (unpaired) electrons. The third kappa shape index (κ3) is 3.05. The largest absolute Gasteiger partial charge is 0.366 e. The summed E-state index contributed by atoms with van der Waals surface area (Å²) in [6, 6.07) is 1.39. The van der Waals surface area contributed by atoms with Crippen LogP contribution in [0.3, 0.4) is 0 Å². The average Bonchev–Trinajstić information content (AvgIpc) is 3.14. The highest BCUT2D eigenvalue weighted by Crippen LogP contribution is 2.30. The molecule has 0 unspecified atom stereocenters. The number of aromatic nitrogens is 1. The zero-order valence-corrected chi connectivity index (χ0v) is 13.9. The minimum atomic E-state index is -0.518. The predicted molar refractivity (Wildman–Crippen MR) is 87.5 cm³/mol. The fourth-order valence-corrected chi connectivity index (χ4v) is 4.43. The number of hydrogen-bond donors (Lipinski definition) is 2. The number of fused-ring (bicyclic) bond motifs is 1. The number of nitrogens with one attached hydrogen (secondary N) is 1.